The number of benzene rings is 2. The molecule has 102 valence electrons. The molecule has 0 fully saturated rings. The first kappa shape index (κ1) is 12.6. The molecule has 0 saturated heterocycles. The van der Waals surface area contributed by atoms with E-state index in [0.29, 0.717) is 27.9 Å². The van der Waals surface area contributed by atoms with Crippen LogP contribution in [-0.2, 0) is 0 Å². The lowest BCUT2D eigenvalue weighted by molar-refractivity contribution is 0.0698. The average Bonchev–Trinajstić information content (AvgIpc) is 2.88. The number of rotatable bonds is 3. The Bertz CT molecular complexity index is 687. The van der Waals surface area contributed by atoms with Crippen molar-refractivity contribution >= 4 is 28.9 Å². The van der Waals surface area contributed by atoms with Crippen LogP contribution in [0.25, 0.3) is 0 Å². The number of ether oxygens (including phenoxy) is 2. The second kappa shape index (κ2) is 4.94. The second-order valence-electron chi connectivity index (χ2n) is 4.19. The van der Waals surface area contributed by atoms with Crippen LogP contribution in [0.5, 0.6) is 11.5 Å². The maximum absolute atomic E-state index is 11.2. The highest BCUT2D eigenvalue weighted by Crippen LogP contribution is 2.35. The molecule has 0 saturated carbocycles. The van der Waals surface area contributed by atoms with Gasteiger partial charge >= 0.3 is 5.97 Å². The van der Waals surface area contributed by atoms with Crippen molar-refractivity contribution in [2.24, 2.45) is 0 Å². The Morgan fingerprint density at radius 3 is 2.75 bits per heavy atom. The van der Waals surface area contributed by atoms with E-state index in [-0.39, 0.29) is 12.4 Å². The molecule has 0 spiro atoms. The molecular formula is C14H10ClNO4. The molecule has 20 heavy (non-hydrogen) atoms. The fourth-order valence-corrected chi connectivity index (χ4v) is 2.10. The Kier molecular flexibility index (Phi) is 3.12. The molecule has 0 aromatic heterocycles. The van der Waals surface area contributed by atoms with E-state index in [0.717, 1.165) is 0 Å². The largest absolute Gasteiger partial charge is 0.478 e. The lowest BCUT2D eigenvalue weighted by Gasteiger charge is -2.10. The molecule has 1 aliphatic heterocycles. The van der Waals surface area contributed by atoms with Crippen LogP contribution in [-0.4, -0.2) is 17.9 Å². The van der Waals surface area contributed by atoms with Crippen molar-refractivity contribution < 1.29 is 19.4 Å². The Balaban J connectivity index is 1.93. The van der Waals surface area contributed by atoms with Crippen molar-refractivity contribution in [2.75, 3.05) is 12.1 Å². The van der Waals surface area contributed by atoms with Crippen LogP contribution < -0.4 is 14.8 Å². The van der Waals surface area contributed by atoms with Crippen molar-refractivity contribution in [1.82, 2.24) is 0 Å². The van der Waals surface area contributed by atoms with Gasteiger partial charge in [-0.25, -0.2) is 4.79 Å². The average molecular weight is 292 g/mol. The fourth-order valence-electron chi connectivity index (χ4n) is 1.93. The molecule has 0 radical (unpaired) electrons. The zero-order valence-electron chi connectivity index (χ0n) is 10.2. The van der Waals surface area contributed by atoms with Gasteiger partial charge in [0.2, 0.25) is 6.79 Å². The standard InChI is InChI=1S/C14H10ClNO4/c15-8-1-3-11(10(5-8)14(17)18)16-9-2-4-12-13(6-9)20-7-19-12/h1-6,16H,7H2,(H,17,18). The lowest BCUT2D eigenvalue weighted by Crippen LogP contribution is -2.02. The Hall–Kier alpha value is -2.40. The van der Waals surface area contributed by atoms with Gasteiger partial charge in [0.15, 0.2) is 11.5 Å². The minimum atomic E-state index is -1.05. The van der Waals surface area contributed by atoms with Crippen LogP contribution in [0.4, 0.5) is 11.4 Å². The number of nitrogens with one attached hydrogen (secondary N) is 1. The lowest BCUT2D eigenvalue weighted by atomic mass is 10.1. The summed E-state index contributed by atoms with van der Waals surface area (Å²) in [5, 5.41) is 12.6. The molecule has 2 aromatic carbocycles. The normalized spacial score (nSPS) is 12.2. The van der Waals surface area contributed by atoms with Crippen LogP contribution in [0.2, 0.25) is 5.02 Å². The van der Waals surface area contributed by atoms with Crippen molar-refractivity contribution in [1.29, 1.82) is 0 Å². The molecule has 3 rings (SSSR count). The minimum absolute atomic E-state index is 0.107. The SMILES string of the molecule is O=C(O)c1cc(Cl)ccc1Nc1ccc2c(c1)OCO2. The molecule has 0 aliphatic carbocycles. The van der Waals surface area contributed by atoms with E-state index < -0.39 is 5.97 Å². The topological polar surface area (TPSA) is 67.8 Å². The zero-order chi connectivity index (χ0) is 14.1. The summed E-state index contributed by atoms with van der Waals surface area (Å²) >= 11 is 5.81. The van der Waals surface area contributed by atoms with E-state index in [1.165, 1.54) is 6.07 Å². The van der Waals surface area contributed by atoms with Gasteiger partial charge in [-0.05, 0) is 30.3 Å². The van der Waals surface area contributed by atoms with E-state index >= 15 is 0 Å². The van der Waals surface area contributed by atoms with Crippen LogP contribution in [0, 0.1) is 0 Å². The number of anilines is 2. The number of carboxylic acids is 1. The minimum Gasteiger partial charge on any atom is -0.478 e. The zero-order valence-corrected chi connectivity index (χ0v) is 11.0. The molecule has 2 N–H and O–H groups in total. The predicted octanol–water partition coefficient (Wildman–Crippen LogP) is 3.51. The predicted molar refractivity (Wildman–Crippen MR) is 74.3 cm³/mol. The number of aromatic carboxylic acids is 1. The molecule has 0 unspecified atom stereocenters. The van der Waals surface area contributed by atoms with Crippen molar-refractivity contribution in [3.63, 3.8) is 0 Å². The van der Waals surface area contributed by atoms with Gasteiger partial charge in [0.25, 0.3) is 0 Å². The quantitative estimate of drug-likeness (QED) is 0.906. The van der Waals surface area contributed by atoms with Crippen LogP contribution in [0.3, 0.4) is 0 Å². The molecule has 1 heterocycles. The van der Waals surface area contributed by atoms with Gasteiger partial charge in [-0.2, -0.15) is 0 Å². The molecule has 5 nitrogen and oxygen atoms in total. The molecule has 1 aliphatic rings. The van der Waals surface area contributed by atoms with Gasteiger partial charge in [-0.15, -0.1) is 0 Å². The highest BCUT2D eigenvalue weighted by molar-refractivity contribution is 6.31. The first-order chi connectivity index (χ1) is 9.63. The number of carboxylic acid groups (broad SMARTS) is 1. The summed E-state index contributed by atoms with van der Waals surface area (Å²) in [5.41, 5.74) is 1.27. The number of halogens is 1. The third-order valence-electron chi connectivity index (χ3n) is 2.86. The third kappa shape index (κ3) is 2.35. The molecular weight excluding hydrogens is 282 g/mol. The van der Waals surface area contributed by atoms with E-state index in [4.69, 9.17) is 21.1 Å². The van der Waals surface area contributed by atoms with Crippen LogP contribution in [0.1, 0.15) is 10.4 Å². The molecule has 2 aromatic rings. The summed E-state index contributed by atoms with van der Waals surface area (Å²) in [6.45, 7) is 0.195. The molecule has 0 bridgehead atoms. The van der Waals surface area contributed by atoms with E-state index in [9.17, 15) is 9.90 Å². The van der Waals surface area contributed by atoms with Crippen LogP contribution in [0.15, 0.2) is 36.4 Å². The van der Waals surface area contributed by atoms with Crippen molar-refractivity contribution in [2.45, 2.75) is 0 Å². The summed E-state index contributed by atoms with van der Waals surface area (Å²) in [6.07, 6.45) is 0. The van der Waals surface area contributed by atoms with Gasteiger partial charge in [0, 0.05) is 16.8 Å². The smallest absolute Gasteiger partial charge is 0.337 e. The van der Waals surface area contributed by atoms with Gasteiger partial charge in [0.05, 0.1) is 11.3 Å². The van der Waals surface area contributed by atoms with E-state index in [1.807, 2.05) is 0 Å². The van der Waals surface area contributed by atoms with E-state index in [1.54, 1.807) is 30.3 Å². The van der Waals surface area contributed by atoms with E-state index in [2.05, 4.69) is 5.32 Å². The summed E-state index contributed by atoms with van der Waals surface area (Å²) in [6, 6.07) is 9.95. The third-order valence-corrected chi connectivity index (χ3v) is 3.10. The monoisotopic (exact) mass is 291 g/mol. The van der Waals surface area contributed by atoms with Crippen molar-refractivity contribution in [3.8, 4) is 11.5 Å². The Morgan fingerprint density at radius 1 is 1.15 bits per heavy atom. The van der Waals surface area contributed by atoms with Crippen molar-refractivity contribution in [3.05, 3.63) is 47.0 Å². The Labute approximate surface area is 119 Å². The first-order valence-electron chi connectivity index (χ1n) is 5.83. The van der Waals surface area contributed by atoms with Gasteiger partial charge in [0.1, 0.15) is 0 Å². The summed E-state index contributed by atoms with van der Waals surface area (Å²) in [5.74, 6) is 0.252. The van der Waals surface area contributed by atoms with Gasteiger partial charge in [-0.1, -0.05) is 11.6 Å². The number of carbonyl (C=O) groups is 1. The summed E-state index contributed by atoms with van der Waals surface area (Å²) < 4.78 is 10.5. The highest BCUT2D eigenvalue weighted by atomic mass is 35.5. The number of fused-ring (bicyclic) bond motifs is 1. The first-order valence-corrected chi connectivity index (χ1v) is 6.21. The number of hydrogen-bond acceptors (Lipinski definition) is 4. The maximum Gasteiger partial charge on any atom is 0.337 e. The van der Waals surface area contributed by atoms with Crippen LogP contribution >= 0.6 is 11.6 Å². The summed E-state index contributed by atoms with van der Waals surface area (Å²) in [7, 11) is 0. The molecule has 0 amide bonds. The van der Waals surface area contributed by atoms with Gasteiger partial charge < -0.3 is 19.9 Å². The number of hydrogen-bond donors (Lipinski definition) is 2. The maximum atomic E-state index is 11.2. The van der Waals surface area contributed by atoms with Gasteiger partial charge in [-0.3, -0.25) is 0 Å². The fraction of sp³-hybridized carbons (Fsp3) is 0.0714. The highest BCUT2D eigenvalue weighted by Gasteiger charge is 2.15. The molecule has 0 atom stereocenters. The Morgan fingerprint density at radius 2 is 1.95 bits per heavy atom. The summed E-state index contributed by atoms with van der Waals surface area (Å²) in [4.78, 5) is 11.2. The molecule has 6 heteroatoms. The second-order valence-corrected chi connectivity index (χ2v) is 4.62.